The summed E-state index contributed by atoms with van der Waals surface area (Å²) in [5, 5.41) is 0. The average Bonchev–Trinajstić information content (AvgIpc) is 2.34. The molecule has 4 nitrogen and oxygen atoms in total. The second-order valence-electron chi connectivity index (χ2n) is 4.23. The van der Waals surface area contributed by atoms with Gasteiger partial charge in [0, 0.05) is 6.54 Å². The molecule has 0 aromatic heterocycles. The van der Waals surface area contributed by atoms with Crippen molar-refractivity contribution < 1.29 is 13.2 Å². The molecule has 0 radical (unpaired) electrons. The monoisotopic (exact) mass is 271 g/mol. The molecule has 0 unspecified atom stereocenters. The van der Waals surface area contributed by atoms with E-state index in [0.717, 1.165) is 12.2 Å². The van der Waals surface area contributed by atoms with E-state index in [0.29, 0.717) is 19.6 Å². The molecule has 0 aliphatic carbocycles. The van der Waals surface area contributed by atoms with E-state index in [4.69, 9.17) is 4.74 Å². The summed E-state index contributed by atoms with van der Waals surface area (Å²) < 4.78 is 30.9. The molecule has 1 rings (SSSR count). The van der Waals surface area contributed by atoms with Crippen LogP contribution < -0.4 is 9.46 Å². The summed E-state index contributed by atoms with van der Waals surface area (Å²) in [5.41, 5.74) is 1.17. The van der Waals surface area contributed by atoms with Crippen LogP contribution in [-0.4, -0.2) is 27.3 Å². The summed E-state index contributed by atoms with van der Waals surface area (Å²) in [6.07, 6.45) is 1.56. The number of sulfonamides is 1. The molecule has 0 amide bonds. The van der Waals surface area contributed by atoms with E-state index in [1.807, 2.05) is 38.1 Å². The van der Waals surface area contributed by atoms with Crippen LogP contribution in [0.3, 0.4) is 0 Å². The Labute approximate surface area is 109 Å². The van der Waals surface area contributed by atoms with Crippen molar-refractivity contribution in [3.05, 3.63) is 29.8 Å². The molecular formula is C13H21NO3S. The molecule has 1 aromatic rings. The highest BCUT2D eigenvalue weighted by molar-refractivity contribution is 7.89. The van der Waals surface area contributed by atoms with Gasteiger partial charge in [0.2, 0.25) is 10.0 Å². The van der Waals surface area contributed by atoms with Crippen molar-refractivity contribution in [2.24, 2.45) is 0 Å². The molecule has 1 aromatic carbocycles. The summed E-state index contributed by atoms with van der Waals surface area (Å²) in [6.45, 7) is 4.62. The summed E-state index contributed by atoms with van der Waals surface area (Å²) in [4.78, 5) is 0. The normalized spacial score (nSPS) is 11.4. The van der Waals surface area contributed by atoms with Crippen LogP contribution in [0.2, 0.25) is 0 Å². The van der Waals surface area contributed by atoms with Gasteiger partial charge in [-0.05, 0) is 25.5 Å². The summed E-state index contributed by atoms with van der Waals surface area (Å²) >= 11 is 0. The maximum Gasteiger partial charge on any atom is 0.211 e. The third kappa shape index (κ3) is 6.02. The van der Waals surface area contributed by atoms with Gasteiger partial charge in [-0.1, -0.05) is 31.0 Å². The first-order chi connectivity index (χ1) is 8.53. The van der Waals surface area contributed by atoms with Crippen LogP contribution in [0.25, 0.3) is 0 Å². The summed E-state index contributed by atoms with van der Waals surface area (Å²) in [6, 6.07) is 7.67. The van der Waals surface area contributed by atoms with E-state index in [1.165, 1.54) is 5.56 Å². The van der Waals surface area contributed by atoms with E-state index < -0.39 is 10.0 Å². The average molecular weight is 271 g/mol. The van der Waals surface area contributed by atoms with Crippen molar-refractivity contribution in [1.29, 1.82) is 0 Å². The molecule has 18 heavy (non-hydrogen) atoms. The molecule has 0 spiro atoms. The fourth-order valence-electron chi connectivity index (χ4n) is 1.41. The molecule has 102 valence electrons. The lowest BCUT2D eigenvalue weighted by atomic mass is 10.2. The zero-order valence-corrected chi connectivity index (χ0v) is 11.8. The first-order valence-electron chi connectivity index (χ1n) is 6.20. The molecule has 0 aliphatic heterocycles. The van der Waals surface area contributed by atoms with Crippen LogP contribution in [0.1, 0.15) is 25.3 Å². The van der Waals surface area contributed by atoms with Crippen LogP contribution in [0.15, 0.2) is 24.3 Å². The maximum atomic E-state index is 11.5. The second-order valence-corrected chi connectivity index (χ2v) is 6.15. The van der Waals surface area contributed by atoms with Gasteiger partial charge in [-0.2, -0.15) is 0 Å². The number of ether oxygens (including phenoxy) is 1. The molecule has 0 fully saturated rings. The molecule has 0 atom stereocenters. The molecule has 0 bridgehead atoms. The predicted molar refractivity (Wildman–Crippen MR) is 73.4 cm³/mol. The first-order valence-corrected chi connectivity index (χ1v) is 7.85. The van der Waals surface area contributed by atoms with Gasteiger partial charge >= 0.3 is 0 Å². The lowest BCUT2D eigenvalue weighted by Gasteiger charge is -2.08. The SMILES string of the molecule is CCCCS(=O)(=O)NCCOc1ccc(C)cc1. The lowest BCUT2D eigenvalue weighted by molar-refractivity contribution is 0.323. The van der Waals surface area contributed by atoms with E-state index in [-0.39, 0.29) is 5.75 Å². The summed E-state index contributed by atoms with van der Waals surface area (Å²) in [5.74, 6) is 0.946. The van der Waals surface area contributed by atoms with Crippen LogP contribution in [0.5, 0.6) is 5.75 Å². The van der Waals surface area contributed by atoms with Gasteiger partial charge in [-0.3, -0.25) is 0 Å². The third-order valence-corrected chi connectivity index (χ3v) is 3.95. The van der Waals surface area contributed by atoms with Crippen molar-refractivity contribution >= 4 is 10.0 Å². The highest BCUT2D eigenvalue weighted by atomic mass is 32.2. The number of aryl methyl sites for hydroxylation is 1. The molecule has 5 heteroatoms. The molecule has 0 heterocycles. The number of hydrogen-bond acceptors (Lipinski definition) is 3. The van der Waals surface area contributed by atoms with Gasteiger partial charge in [0.1, 0.15) is 12.4 Å². The van der Waals surface area contributed by atoms with Gasteiger partial charge < -0.3 is 4.74 Å². The van der Waals surface area contributed by atoms with Gasteiger partial charge in [-0.25, -0.2) is 13.1 Å². The minimum atomic E-state index is -3.13. The molecule has 1 N–H and O–H groups in total. The van der Waals surface area contributed by atoms with Gasteiger partial charge in [0.25, 0.3) is 0 Å². The van der Waals surface area contributed by atoms with Crippen molar-refractivity contribution in [3.63, 3.8) is 0 Å². The Kier molecular flexibility index (Phi) is 6.15. The Morgan fingerprint density at radius 3 is 2.50 bits per heavy atom. The Bertz CT molecular complexity index is 440. The fourth-order valence-corrected chi connectivity index (χ4v) is 2.61. The van der Waals surface area contributed by atoms with E-state index >= 15 is 0 Å². The fraction of sp³-hybridized carbons (Fsp3) is 0.538. The minimum Gasteiger partial charge on any atom is -0.492 e. The Hall–Kier alpha value is -1.07. The molecular weight excluding hydrogens is 250 g/mol. The van der Waals surface area contributed by atoms with Gasteiger partial charge in [-0.15, -0.1) is 0 Å². The molecule has 0 saturated heterocycles. The number of benzene rings is 1. The number of nitrogens with one attached hydrogen (secondary N) is 1. The van der Waals surface area contributed by atoms with Crippen molar-refractivity contribution in [3.8, 4) is 5.75 Å². The lowest BCUT2D eigenvalue weighted by Crippen LogP contribution is -2.30. The molecule has 0 aliphatic rings. The number of hydrogen-bond donors (Lipinski definition) is 1. The zero-order valence-electron chi connectivity index (χ0n) is 11.0. The number of rotatable bonds is 8. The Balaban J connectivity index is 2.24. The smallest absolute Gasteiger partial charge is 0.211 e. The van der Waals surface area contributed by atoms with E-state index in [9.17, 15) is 8.42 Å². The second kappa shape index (κ2) is 7.38. The third-order valence-electron chi connectivity index (χ3n) is 2.48. The van der Waals surface area contributed by atoms with Crippen LogP contribution in [-0.2, 0) is 10.0 Å². The zero-order chi connectivity index (χ0) is 13.4. The highest BCUT2D eigenvalue weighted by Gasteiger charge is 2.07. The summed E-state index contributed by atoms with van der Waals surface area (Å²) in [7, 11) is -3.13. The Morgan fingerprint density at radius 1 is 1.22 bits per heavy atom. The maximum absolute atomic E-state index is 11.5. The first kappa shape index (κ1) is 15.0. The van der Waals surface area contributed by atoms with Crippen molar-refractivity contribution in [2.45, 2.75) is 26.7 Å². The van der Waals surface area contributed by atoms with Gasteiger partial charge in [0.05, 0.1) is 5.75 Å². The quantitative estimate of drug-likeness (QED) is 0.737. The molecule has 0 saturated carbocycles. The largest absolute Gasteiger partial charge is 0.492 e. The van der Waals surface area contributed by atoms with Crippen LogP contribution >= 0.6 is 0 Å². The van der Waals surface area contributed by atoms with E-state index in [1.54, 1.807) is 0 Å². The standard InChI is InChI=1S/C13H21NO3S/c1-3-4-11-18(15,16)14-9-10-17-13-7-5-12(2)6-8-13/h5-8,14H,3-4,9-11H2,1-2H3. The van der Waals surface area contributed by atoms with E-state index in [2.05, 4.69) is 4.72 Å². The van der Waals surface area contributed by atoms with Crippen LogP contribution in [0, 0.1) is 6.92 Å². The minimum absolute atomic E-state index is 0.189. The van der Waals surface area contributed by atoms with Gasteiger partial charge in [0.15, 0.2) is 0 Å². The number of unbranched alkanes of at least 4 members (excludes halogenated alkanes) is 1. The predicted octanol–water partition coefficient (Wildman–Crippen LogP) is 2.09. The Morgan fingerprint density at radius 2 is 1.89 bits per heavy atom. The van der Waals surface area contributed by atoms with Crippen LogP contribution in [0.4, 0.5) is 0 Å². The topological polar surface area (TPSA) is 55.4 Å². The van der Waals surface area contributed by atoms with Crippen molar-refractivity contribution in [1.82, 2.24) is 4.72 Å². The highest BCUT2D eigenvalue weighted by Crippen LogP contribution is 2.10. The van der Waals surface area contributed by atoms with Crippen molar-refractivity contribution in [2.75, 3.05) is 18.9 Å².